The fourth-order valence-electron chi connectivity index (χ4n) is 1.65. The van der Waals surface area contributed by atoms with Crippen LogP contribution in [-0.2, 0) is 9.57 Å². The molecule has 1 unspecified atom stereocenters. The summed E-state index contributed by atoms with van der Waals surface area (Å²) in [4.78, 5) is 5.24. The molecule has 0 amide bonds. The predicted molar refractivity (Wildman–Crippen MR) is 63.0 cm³/mol. The van der Waals surface area contributed by atoms with E-state index >= 15 is 0 Å². The minimum absolute atomic E-state index is 0.187. The first-order valence-electron chi connectivity index (χ1n) is 5.84. The van der Waals surface area contributed by atoms with Crippen molar-refractivity contribution in [2.24, 2.45) is 5.16 Å². The van der Waals surface area contributed by atoms with Gasteiger partial charge in [0.1, 0.15) is 0 Å². The molecule has 0 bridgehead atoms. The summed E-state index contributed by atoms with van der Waals surface area (Å²) in [6, 6.07) is 0. The average Bonchev–Trinajstić information content (AvgIpc) is 2.79. The van der Waals surface area contributed by atoms with E-state index in [1.807, 2.05) is 12.3 Å². The zero-order chi connectivity index (χ0) is 11.2. The minimum atomic E-state index is -0.187. The van der Waals surface area contributed by atoms with Crippen LogP contribution >= 0.6 is 0 Å². The summed E-state index contributed by atoms with van der Waals surface area (Å²) in [5.41, 5.74) is 2.18. The minimum Gasteiger partial charge on any atom is -0.387 e. The van der Waals surface area contributed by atoms with E-state index in [4.69, 9.17) is 9.57 Å². The second-order valence-electron chi connectivity index (χ2n) is 3.93. The number of rotatable bonds is 5. The highest BCUT2D eigenvalue weighted by Gasteiger charge is 2.23. The number of hydrogen-bond donors (Lipinski definition) is 1. The van der Waals surface area contributed by atoms with Gasteiger partial charge in [-0.15, -0.1) is 0 Å². The Bertz CT molecular complexity index is 321. The van der Waals surface area contributed by atoms with Crippen LogP contribution in [0.2, 0.25) is 0 Å². The maximum atomic E-state index is 5.56. The smallest absolute Gasteiger partial charge is 0.232 e. The molecular weight excluding hydrogens is 204 g/mol. The molecule has 0 radical (unpaired) electrons. The average molecular weight is 222 g/mol. The van der Waals surface area contributed by atoms with Gasteiger partial charge in [-0.3, -0.25) is 0 Å². The van der Waals surface area contributed by atoms with Gasteiger partial charge >= 0.3 is 0 Å². The fraction of sp³-hybridized carbons (Fsp3) is 0.583. The molecule has 1 atom stereocenters. The molecule has 88 valence electrons. The number of dihydropyridines is 1. The van der Waals surface area contributed by atoms with Gasteiger partial charge in [0, 0.05) is 6.54 Å². The molecular formula is C12H18N2O2. The van der Waals surface area contributed by atoms with Gasteiger partial charge in [0.05, 0.1) is 18.7 Å². The van der Waals surface area contributed by atoms with Crippen molar-refractivity contribution >= 4 is 5.71 Å². The Morgan fingerprint density at radius 3 is 3.31 bits per heavy atom. The molecule has 4 nitrogen and oxygen atoms in total. The van der Waals surface area contributed by atoms with E-state index in [2.05, 4.69) is 23.5 Å². The molecule has 1 N–H and O–H groups in total. The molecule has 16 heavy (non-hydrogen) atoms. The van der Waals surface area contributed by atoms with Crippen molar-refractivity contribution in [3.63, 3.8) is 0 Å². The Balaban J connectivity index is 1.78. The highest BCUT2D eigenvalue weighted by atomic mass is 16.8. The van der Waals surface area contributed by atoms with Crippen LogP contribution in [0.1, 0.15) is 26.2 Å². The van der Waals surface area contributed by atoms with Crippen molar-refractivity contribution in [1.29, 1.82) is 0 Å². The quantitative estimate of drug-likeness (QED) is 0.723. The Kier molecular flexibility index (Phi) is 3.99. The molecule has 2 rings (SSSR count). The van der Waals surface area contributed by atoms with E-state index in [-0.39, 0.29) is 6.29 Å². The zero-order valence-electron chi connectivity index (χ0n) is 9.61. The van der Waals surface area contributed by atoms with E-state index in [1.165, 1.54) is 5.57 Å². The lowest BCUT2D eigenvalue weighted by Crippen LogP contribution is -2.20. The SMILES string of the molecule is CCCCOC1CC(C2=CC=CNC2)=NO1. The maximum absolute atomic E-state index is 5.56. The van der Waals surface area contributed by atoms with Gasteiger partial charge in [-0.05, 0) is 24.3 Å². The first-order chi connectivity index (χ1) is 7.90. The second kappa shape index (κ2) is 5.70. The molecule has 0 saturated heterocycles. The van der Waals surface area contributed by atoms with Crippen molar-refractivity contribution in [2.45, 2.75) is 32.5 Å². The largest absolute Gasteiger partial charge is 0.387 e. The van der Waals surface area contributed by atoms with Gasteiger partial charge in [0.2, 0.25) is 6.29 Å². The number of unbranched alkanes of at least 4 members (excludes halogenated alkanes) is 1. The molecule has 0 aliphatic carbocycles. The highest BCUT2D eigenvalue weighted by molar-refractivity contribution is 6.01. The monoisotopic (exact) mass is 222 g/mol. The lowest BCUT2D eigenvalue weighted by atomic mass is 10.1. The predicted octanol–water partition coefficient (Wildman–Crippen LogP) is 1.95. The van der Waals surface area contributed by atoms with Gasteiger partial charge < -0.3 is 14.9 Å². The van der Waals surface area contributed by atoms with Gasteiger partial charge in [0.15, 0.2) is 0 Å². The van der Waals surface area contributed by atoms with Crippen LogP contribution in [0, 0.1) is 0 Å². The summed E-state index contributed by atoms with van der Waals surface area (Å²) in [5, 5.41) is 7.22. The Labute approximate surface area is 96.0 Å². The molecule has 0 aromatic carbocycles. The number of ether oxygens (including phenoxy) is 1. The van der Waals surface area contributed by atoms with Crippen LogP contribution in [0.3, 0.4) is 0 Å². The number of allylic oxidation sites excluding steroid dienone is 2. The molecule has 0 saturated carbocycles. The third kappa shape index (κ3) is 2.85. The Morgan fingerprint density at radius 1 is 1.62 bits per heavy atom. The third-order valence-corrected chi connectivity index (χ3v) is 2.62. The Hall–Kier alpha value is -1.29. The van der Waals surface area contributed by atoms with Gasteiger partial charge in [-0.1, -0.05) is 24.6 Å². The summed E-state index contributed by atoms with van der Waals surface area (Å²) in [7, 11) is 0. The van der Waals surface area contributed by atoms with Crippen LogP contribution in [0.15, 0.2) is 29.1 Å². The topological polar surface area (TPSA) is 42.8 Å². The summed E-state index contributed by atoms with van der Waals surface area (Å²) >= 11 is 0. The normalized spacial score (nSPS) is 23.4. The van der Waals surface area contributed by atoms with E-state index in [0.29, 0.717) is 0 Å². The van der Waals surface area contributed by atoms with Crippen LogP contribution in [0.4, 0.5) is 0 Å². The second-order valence-corrected chi connectivity index (χ2v) is 3.93. The molecule has 2 aliphatic rings. The number of oxime groups is 1. The molecule has 0 aromatic heterocycles. The summed E-state index contributed by atoms with van der Waals surface area (Å²) < 4.78 is 5.56. The lowest BCUT2D eigenvalue weighted by Gasteiger charge is -2.10. The van der Waals surface area contributed by atoms with Crippen molar-refractivity contribution in [1.82, 2.24) is 5.32 Å². The van der Waals surface area contributed by atoms with E-state index < -0.39 is 0 Å². The van der Waals surface area contributed by atoms with Crippen molar-refractivity contribution < 1.29 is 9.57 Å². The summed E-state index contributed by atoms with van der Waals surface area (Å²) in [6.45, 7) is 3.72. The molecule has 4 heteroatoms. The number of hydrogen-bond acceptors (Lipinski definition) is 4. The van der Waals surface area contributed by atoms with E-state index in [1.54, 1.807) is 0 Å². The van der Waals surface area contributed by atoms with Gasteiger partial charge in [0.25, 0.3) is 0 Å². The highest BCUT2D eigenvalue weighted by Crippen LogP contribution is 2.18. The van der Waals surface area contributed by atoms with Crippen molar-refractivity contribution in [3.05, 3.63) is 23.9 Å². The number of nitrogens with zero attached hydrogens (tertiary/aromatic N) is 1. The third-order valence-electron chi connectivity index (χ3n) is 2.62. The van der Waals surface area contributed by atoms with Crippen LogP contribution in [-0.4, -0.2) is 25.2 Å². The van der Waals surface area contributed by atoms with Crippen LogP contribution in [0.25, 0.3) is 0 Å². The van der Waals surface area contributed by atoms with Crippen molar-refractivity contribution in [3.8, 4) is 0 Å². The molecule has 0 fully saturated rings. The summed E-state index contributed by atoms with van der Waals surface area (Å²) in [5.74, 6) is 0. The van der Waals surface area contributed by atoms with Gasteiger partial charge in [-0.25, -0.2) is 0 Å². The molecule has 2 heterocycles. The van der Waals surface area contributed by atoms with Gasteiger partial charge in [-0.2, -0.15) is 0 Å². The zero-order valence-corrected chi connectivity index (χ0v) is 9.61. The Morgan fingerprint density at radius 2 is 2.56 bits per heavy atom. The standard InChI is InChI=1S/C12H18N2O2/c1-2-3-7-15-12-8-11(14-16-12)10-5-4-6-13-9-10/h4-6,12-13H,2-3,7-9H2,1H3. The van der Waals surface area contributed by atoms with Crippen LogP contribution < -0.4 is 5.32 Å². The van der Waals surface area contributed by atoms with E-state index in [9.17, 15) is 0 Å². The van der Waals surface area contributed by atoms with Crippen molar-refractivity contribution in [2.75, 3.05) is 13.2 Å². The molecule has 0 aromatic rings. The van der Waals surface area contributed by atoms with E-state index in [0.717, 1.165) is 38.1 Å². The molecule has 2 aliphatic heterocycles. The fourth-order valence-corrected chi connectivity index (χ4v) is 1.65. The first kappa shape index (κ1) is 11.2. The first-order valence-corrected chi connectivity index (χ1v) is 5.84. The maximum Gasteiger partial charge on any atom is 0.232 e. The van der Waals surface area contributed by atoms with Crippen LogP contribution in [0.5, 0.6) is 0 Å². The number of nitrogens with one attached hydrogen (secondary N) is 1. The molecule has 0 spiro atoms. The summed E-state index contributed by atoms with van der Waals surface area (Å²) in [6.07, 6.45) is 8.75. The lowest BCUT2D eigenvalue weighted by molar-refractivity contribution is -0.124.